The number of hydrogen-bond acceptors (Lipinski definition) is 5. The summed E-state index contributed by atoms with van der Waals surface area (Å²) in [5.41, 5.74) is 1.69. The monoisotopic (exact) mass is 489 g/mol. The van der Waals surface area contributed by atoms with Gasteiger partial charge < -0.3 is 18.5 Å². The molecule has 3 aromatic heterocycles. The van der Waals surface area contributed by atoms with Crippen molar-refractivity contribution in [2.24, 2.45) is 14.1 Å². The summed E-state index contributed by atoms with van der Waals surface area (Å²) in [5.74, 6) is 0.465. The molecule has 5 rings (SSSR count). The predicted octanol–water partition coefficient (Wildman–Crippen LogP) is 3.74. The molecule has 4 aromatic rings. The molecule has 1 aliphatic heterocycles. The van der Waals surface area contributed by atoms with Crippen LogP contribution in [-0.4, -0.2) is 33.5 Å². The molecule has 2 atom stereocenters. The molecule has 1 aromatic carbocycles. The van der Waals surface area contributed by atoms with E-state index in [4.69, 9.17) is 37.1 Å². The van der Waals surface area contributed by atoms with Gasteiger partial charge in [0.1, 0.15) is 11.9 Å². The highest BCUT2D eigenvalue weighted by Gasteiger charge is 2.38. The van der Waals surface area contributed by atoms with Crippen molar-refractivity contribution in [1.82, 2.24) is 13.7 Å². The zero-order valence-electron chi connectivity index (χ0n) is 18.2. The number of aryl methyl sites for hydroxylation is 1. The van der Waals surface area contributed by atoms with Gasteiger partial charge >= 0.3 is 5.69 Å². The van der Waals surface area contributed by atoms with E-state index in [9.17, 15) is 9.59 Å². The van der Waals surface area contributed by atoms with Crippen molar-refractivity contribution in [3.8, 4) is 11.3 Å². The number of methoxy groups -OCH3 is 1. The van der Waals surface area contributed by atoms with Gasteiger partial charge in [-0.3, -0.25) is 13.9 Å². The number of ether oxygens (including phenoxy) is 2. The Hall–Kier alpha value is -2.78. The summed E-state index contributed by atoms with van der Waals surface area (Å²) in [6.45, 7) is 0.729. The smallest absolute Gasteiger partial charge is 0.331 e. The van der Waals surface area contributed by atoms with Crippen LogP contribution < -0.4 is 11.2 Å². The highest BCUT2D eigenvalue weighted by molar-refractivity contribution is 6.31. The highest BCUT2D eigenvalue weighted by Crippen LogP contribution is 2.43. The molecule has 4 heterocycles. The largest absolute Gasteiger partial charge is 0.446 e. The van der Waals surface area contributed by atoms with Crippen molar-refractivity contribution in [1.29, 1.82) is 0 Å². The van der Waals surface area contributed by atoms with Crippen molar-refractivity contribution in [3.05, 3.63) is 78.9 Å². The molecule has 0 N–H and O–H groups in total. The lowest BCUT2D eigenvalue weighted by Gasteiger charge is -2.32. The number of aromatic nitrogens is 3. The first-order valence-corrected chi connectivity index (χ1v) is 11.0. The van der Waals surface area contributed by atoms with Gasteiger partial charge in [-0.25, -0.2) is 4.79 Å². The van der Waals surface area contributed by atoms with E-state index in [0.29, 0.717) is 46.2 Å². The molecule has 0 fully saturated rings. The van der Waals surface area contributed by atoms with Crippen molar-refractivity contribution >= 4 is 34.1 Å². The first-order valence-electron chi connectivity index (χ1n) is 10.3. The van der Waals surface area contributed by atoms with Gasteiger partial charge in [0, 0.05) is 31.8 Å². The number of rotatable bonds is 4. The van der Waals surface area contributed by atoms with E-state index >= 15 is 0 Å². The second kappa shape index (κ2) is 8.22. The summed E-state index contributed by atoms with van der Waals surface area (Å²) < 4.78 is 22.0. The molecule has 172 valence electrons. The first-order chi connectivity index (χ1) is 15.8. The van der Waals surface area contributed by atoms with Gasteiger partial charge in [-0.05, 0) is 35.9 Å². The fraction of sp³-hybridized carbons (Fsp3) is 0.304. The van der Waals surface area contributed by atoms with Gasteiger partial charge in [0.2, 0.25) is 0 Å². The van der Waals surface area contributed by atoms with Crippen LogP contribution in [0.4, 0.5) is 0 Å². The highest BCUT2D eigenvalue weighted by atomic mass is 35.5. The van der Waals surface area contributed by atoms with Crippen LogP contribution in [0.1, 0.15) is 17.6 Å². The third-order valence-corrected chi connectivity index (χ3v) is 6.41. The summed E-state index contributed by atoms with van der Waals surface area (Å²) >= 11 is 12.4. The summed E-state index contributed by atoms with van der Waals surface area (Å²) in [6.07, 6.45) is -1.04. The normalized spacial score (nSPS) is 18.1. The molecule has 0 aliphatic carbocycles. The van der Waals surface area contributed by atoms with E-state index in [1.54, 1.807) is 38.4 Å². The molecule has 0 bridgehead atoms. The second-order valence-corrected chi connectivity index (χ2v) is 8.83. The molecule has 0 saturated carbocycles. The van der Waals surface area contributed by atoms with Crippen LogP contribution in [0.15, 0.2) is 50.4 Å². The van der Waals surface area contributed by atoms with Gasteiger partial charge in [-0.1, -0.05) is 23.7 Å². The van der Waals surface area contributed by atoms with E-state index in [-0.39, 0.29) is 11.3 Å². The number of nitrogens with zero attached hydrogens (tertiary/aromatic N) is 3. The predicted molar refractivity (Wildman–Crippen MR) is 125 cm³/mol. The van der Waals surface area contributed by atoms with Crippen LogP contribution in [0.3, 0.4) is 0 Å². The molecule has 8 nitrogen and oxygen atoms in total. The first kappa shape index (κ1) is 22.0. The van der Waals surface area contributed by atoms with E-state index in [1.807, 2.05) is 16.7 Å². The quantitative estimate of drug-likeness (QED) is 0.436. The molecule has 10 heteroatoms. The van der Waals surface area contributed by atoms with Crippen LogP contribution in [0, 0.1) is 0 Å². The maximum absolute atomic E-state index is 13.4. The third kappa shape index (κ3) is 3.45. The van der Waals surface area contributed by atoms with Crippen LogP contribution in [0.2, 0.25) is 10.2 Å². The molecule has 0 unspecified atom stereocenters. The fourth-order valence-electron chi connectivity index (χ4n) is 4.58. The van der Waals surface area contributed by atoms with Crippen molar-refractivity contribution in [3.63, 3.8) is 0 Å². The Kier molecular flexibility index (Phi) is 5.49. The Morgan fingerprint density at radius 1 is 1.12 bits per heavy atom. The maximum Gasteiger partial charge on any atom is 0.331 e. The average Bonchev–Trinajstić information content (AvgIpc) is 3.37. The lowest BCUT2D eigenvalue weighted by atomic mass is 10.1. The van der Waals surface area contributed by atoms with Gasteiger partial charge in [0.15, 0.2) is 11.3 Å². The molecular formula is C23H21Cl2N3O5. The summed E-state index contributed by atoms with van der Waals surface area (Å²) in [7, 11) is 4.71. The Balaban J connectivity index is 1.95. The van der Waals surface area contributed by atoms with E-state index in [0.717, 1.165) is 10.1 Å². The van der Waals surface area contributed by atoms with Crippen molar-refractivity contribution < 1.29 is 13.9 Å². The molecule has 33 heavy (non-hydrogen) atoms. The standard InChI is InChI=1S/C23H21Cl2N3O5/c1-26-19-17(22(29)27(2)23(26)30)18(12-5-4-6-13(24)9-12)28-10-14(11-31-3)32-21(20(19)28)15-7-8-16(25)33-15/h4-9,14,21H,10-11H2,1-3H3/t14-,21+/m1/s1. The Labute approximate surface area is 198 Å². The maximum atomic E-state index is 13.4. The van der Waals surface area contributed by atoms with Gasteiger partial charge in [0.05, 0.1) is 35.4 Å². The number of fused-ring (bicyclic) bond motifs is 3. The van der Waals surface area contributed by atoms with E-state index < -0.39 is 17.4 Å². The second-order valence-electron chi connectivity index (χ2n) is 8.02. The minimum Gasteiger partial charge on any atom is -0.446 e. The third-order valence-electron chi connectivity index (χ3n) is 5.97. The molecular weight excluding hydrogens is 469 g/mol. The van der Waals surface area contributed by atoms with Gasteiger partial charge in [0.25, 0.3) is 5.56 Å². The molecule has 0 spiro atoms. The van der Waals surface area contributed by atoms with Gasteiger partial charge in [-0.15, -0.1) is 0 Å². The lowest BCUT2D eigenvalue weighted by Crippen LogP contribution is -2.37. The number of halogens is 2. The number of benzene rings is 1. The van der Waals surface area contributed by atoms with E-state index in [1.165, 1.54) is 11.6 Å². The topological polar surface area (TPSA) is 80.5 Å². The zero-order valence-corrected chi connectivity index (χ0v) is 19.7. The summed E-state index contributed by atoms with van der Waals surface area (Å²) in [6, 6.07) is 10.6. The minimum atomic E-state index is -0.709. The molecule has 0 radical (unpaired) electrons. The van der Waals surface area contributed by atoms with Crippen molar-refractivity contribution in [2.45, 2.75) is 18.8 Å². The van der Waals surface area contributed by atoms with Crippen LogP contribution >= 0.6 is 23.2 Å². The zero-order chi connectivity index (χ0) is 23.4. The Morgan fingerprint density at radius 3 is 2.58 bits per heavy atom. The number of furan rings is 1. The Bertz CT molecular complexity index is 1500. The molecule has 0 amide bonds. The Morgan fingerprint density at radius 2 is 1.91 bits per heavy atom. The van der Waals surface area contributed by atoms with Crippen molar-refractivity contribution in [2.75, 3.05) is 13.7 Å². The van der Waals surface area contributed by atoms with Crippen LogP contribution in [0.5, 0.6) is 0 Å². The van der Waals surface area contributed by atoms with E-state index in [2.05, 4.69) is 0 Å². The lowest BCUT2D eigenvalue weighted by molar-refractivity contribution is -0.0670. The molecule has 0 saturated heterocycles. The van der Waals surface area contributed by atoms with Crippen LogP contribution in [0.25, 0.3) is 22.2 Å². The van der Waals surface area contributed by atoms with Gasteiger partial charge in [-0.2, -0.15) is 0 Å². The minimum absolute atomic E-state index is 0.213. The SMILES string of the molecule is COC[C@H]1Cn2c(-c3cccc(Cl)c3)c3c(=O)n(C)c(=O)n(C)c3c2[C@H](c2ccc(Cl)o2)O1. The molecule has 1 aliphatic rings. The fourth-order valence-corrected chi connectivity index (χ4v) is 4.93. The summed E-state index contributed by atoms with van der Waals surface area (Å²) in [5, 5.41) is 1.15. The average molecular weight is 490 g/mol. The number of hydrogen-bond donors (Lipinski definition) is 0. The van der Waals surface area contributed by atoms with Crippen LogP contribution in [-0.2, 0) is 30.1 Å². The summed E-state index contributed by atoms with van der Waals surface area (Å²) in [4.78, 5) is 26.3.